The zero-order chi connectivity index (χ0) is 17.3. The SMILES string of the molecule is O=C(CCN1CCCCCC1)Nc1ccc(Oc2ccccc2)cc1. The van der Waals surface area contributed by atoms with Crippen LogP contribution >= 0.6 is 0 Å². The fourth-order valence-corrected chi connectivity index (χ4v) is 3.07. The molecule has 4 heteroatoms. The van der Waals surface area contributed by atoms with Crippen LogP contribution in [0.1, 0.15) is 32.1 Å². The van der Waals surface area contributed by atoms with Gasteiger partial charge in [0.15, 0.2) is 0 Å². The number of likely N-dealkylation sites (tertiary alicyclic amines) is 1. The van der Waals surface area contributed by atoms with Crippen molar-refractivity contribution in [2.24, 2.45) is 0 Å². The van der Waals surface area contributed by atoms with Crippen LogP contribution in [0.2, 0.25) is 0 Å². The van der Waals surface area contributed by atoms with Crippen LogP contribution in [-0.2, 0) is 4.79 Å². The normalized spacial score (nSPS) is 15.4. The van der Waals surface area contributed by atoms with E-state index in [1.807, 2.05) is 54.6 Å². The predicted molar refractivity (Wildman–Crippen MR) is 101 cm³/mol. The summed E-state index contributed by atoms with van der Waals surface area (Å²) in [5, 5.41) is 2.97. The summed E-state index contributed by atoms with van der Waals surface area (Å²) in [4.78, 5) is 14.6. The summed E-state index contributed by atoms with van der Waals surface area (Å²) in [6.07, 6.45) is 5.69. The van der Waals surface area contributed by atoms with Crippen molar-refractivity contribution in [2.75, 3.05) is 25.0 Å². The molecule has 1 fully saturated rings. The highest BCUT2D eigenvalue weighted by atomic mass is 16.5. The third-order valence-corrected chi connectivity index (χ3v) is 4.47. The molecule has 1 amide bonds. The molecule has 0 atom stereocenters. The maximum absolute atomic E-state index is 12.1. The van der Waals surface area contributed by atoms with E-state index in [-0.39, 0.29) is 5.91 Å². The fourth-order valence-electron chi connectivity index (χ4n) is 3.07. The molecule has 1 aliphatic heterocycles. The molecule has 0 aliphatic carbocycles. The molecule has 0 saturated carbocycles. The number of hydrogen-bond donors (Lipinski definition) is 1. The smallest absolute Gasteiger partial charge is 0.225 e. The summed E-state index contributed by atoms with van der Waals surface area (Å²) in [6, 6.07) is 17.2. The Bertz CT molecular complexity index is 647. The lowest BCUT2D eigenvalue weighted by atomic mass is 10.2. The maximum Gasteiger partial charge on any atom is 0.225 e. The Morgan fingerprint density at radius 2 is 1.52 bits per heavy atom. The molecule has 0 radical (unpaired) electrons. The minimum absolute atomic E-state index is 0.0703. The Balaban J connectivity index is 1.45. The zero-order valence-electron chi connectivity index (χ0n) is 14.6. The number of carbonyl (C=O) groups is 1. The van der Waals surface area contributed by atoms with Gasteiger partial charge in [-0.15, -0.1) is 0 Å². The minimum atomic E-state index is 0.0703. The molecule has 0 bridgehead atoms. The van der Waals surface area contributed by atoms with E-state index in [0.717, 1.165) is 36.8 Å². The summed E-state index contributed by atoms with van der Waals surface area (Å²) >= 11 is 0. The largest absolute Gasteiger partial charge is 0.457 e. The van der Waals surface area contributed by atoms with Crippen molar-refractivity contribution in [3.05, 3.63) is 54.6 Å². The van der Waals surface area contributed by atoms with Crippen LogP contribution < -0.4 is 10.1 Å². The average molecular weight is 338 g/mol. The number of carbonyl (C=O) groups excluding carboxylic acids is 1. The van der Waals surface area contributed by atoms with Gasteiger partial charge in [-0.3, -0.25) is 4.79 Å². The molecule has 4 nitrogen and oxygen atoms in total. The van der Waals surface area contributed by atoms with Crippen molar-refractivity contribution in [3.63, 3.8) is 0 Å². The standard InChI is InChI=1S/C21H26N2O2/c24-21(14-17-23-15-6-1-2-7-16-23)22-18-10-12-20(13-11-18)25-19-8-4-3-5-9-19/h3-5,8-13H,1-2,6-7,14-17H2,(H,22,24). The second-order valence-corrected chi connectivity index (χ2v) is 6.49. The summed E-state index contributed by atoms with van der Waals surface area (Å²) in [7, 11) is 0. The minimum Gasteiger partial charge on any atom is -0.457 e. The van der Waals surface area contributed by atoms with Crippen LogP contribution in [0.5, 0.6) is 11.5 Å². The van der Waals surface area contributed by atoms with Gasteiger partial charge in [0.05, 0.1) is 0 Å². The number of ether oxygens (including phenoxy) is 1. The number of hydrogen-bond acceptors (Lipinski definition) is 3. The molecule has 2 aromatic carbocycles. The molecular formula is C21H26N2O2. The molecule has 0 spiro atoms. The Labute approximate surface area is 149 Å². The van der Waals surface area contributed by atoms with Crippen LogP contribution in [-0.4, -0.2) is 30.4 Å². The molecule has 3 rings (SSSR count). The molecular weight excluding hydrogens is 312 g/mol. The van der Waals surface area contributed by atoms with Gasteiger partial charge < -0.3 is 15.0 Å². The number of benzene rings is 2. The monoisotopic (exact) mass is 338 g/mol. The predicted octanol–water partition coefficient (Wildman–Crippen LogP) is 4.68. The van der Waals surface area contributed by atoms with Crippen molar-refractivity contribution in [3.8, 4) is 11.5 Å². The van der Waals surface area contributed by atoms with Crippen LogP contribution in [0.25, 0.3) is 0 Å². The number of nitrogens with zero attached hydrogens (tertiary/aromatic N) is 1. The summed E-state index contributed by atoms with van der Waals surface area (Å²) in [6.45, 7) is 3.10. The van der Waals surface area contributed by atoms with Gasteiger partial charge in [-0.05, 0) is 62.3 Å². The third kappa shape index (κ3) is 5.91. The average Bonchev–Trinajstić information content (AvgIpc) is 2.91. The first kappa shape index (κ1) is 17.5. The van der Waals surface area contributed by atoms with Crippen LogP contribution in [0.4, 0.5) is 5.69 Å². The lowest BCUT2D eigenvalue weighted by Crippen LogP contribution is -2.28. The highest BCUT2D eigenvalue weighted by Crippen LogP contribution is 2.22. The highest BCUT2D eigenvalue weighted by Gasteiger charge is 2.11. The number of anilines is 1. The number of para-hydroxylation sites is 1. The quantitative estimate of drug-likeness (QED) is 0.831. The first-order chi connectivity index (χ1) is 12.3. The van der Waals surface area contributed by atoms with Crippen molar-refractivity contribution < 1.29 is 9.53 Å². The van der Waals surface area contributed by atoms with Gasteiger partial charge in [0.25, 0.3) is 0 Å². The molecule has 132 valence electrons. The third-order valence-electron chi connectivity index (χ3n) is 4.47. The van der Waals surface area contributed by atoms with Crippen molar-refractivity contribution in [1.82, 2.24) is 4.90 Å². The molecule has 1 saturated heterocycles. The van der Waals surface area contributed by atoms with Crippen LogP contribution in [0.15, 0.2) is 54.6 Å². The summed E-state index contributed by atoms with van der Waals surface area (Å²) in [5.41, 5.74) is 0.807. The van der Waals surface area contributed by atoms with Crippen molar-refractivity contribution in [1.29, 1.82) is 0 Å². The van der Waals surface area contributed by atoms with E-state index in [2.05, 4.69) is 10.2 Å². The zero-order valence-corrected chi connectivity index (χ0v) is 14.6. The van der Waals surface area contributed by atoms with Gasteiger partial charge in [0.2, 0.25) is 5.91 Å². The van der Waals surface area contributed by atoms with E-state index >= 15 is 0 Å². The van der Waals surface area contributed by atoms with E-state index in [1.165, 1.54) is 25.7 Å². The molecule has 25 heavy (non-hydrogen) atoms. The molecule has 1 aliphatic rings. The van der Waals surface area contributed by atoms with E-state index in [0.29, 0.717) is 6.42 Å². The van der Waals surface area contributed by atoms with Gasteiger partial charge in [-0.2, -0.15) is 0 Å². The highest BCUT2D eigenvalue weighted by molar-refractivity contribution is 5.90. The van der Waals surface area contributed by atoms with Gasteiger partial charge >= 0.3 is 0 Å². The summed E-state index contributed by atoms with van der Waals surface area (Å²) in [5.74, 6) is 1.63. The second-order valence-electron chi connectivity index (χ2n) is 6.49. The van der Waals surface area contributed by atoms with E-state index in [1.54, 1.807) is 0 Å². The Hall–Kier alpha value is -2.33. The molecule has 1 N–H and O–H groups in total. The maximum atomic E-state index is 12.1. The van der Waals surface area contributed by atoms with E-state index in [4.69, 9.17) is 4.74 Å². The van der Waals surface area contributed by atoms with Crippen LogP contribution in [0, 0.1) is 0 Å². The second kappa shape index (κ2) is 9.23. The molecule has 1 heterocycles. The Kier molecular flexibility index (Phi) is 6.46. The Morgan fingerprint density at radius 3 is 2.20 bits per heavy atom. The first-order valence-corrected chi connectivity index (χ1v) is 9.15. The molecule has 0 unspecified atom stereocenters. The Morgan fingerprint density at radius 1 is 0.880 bits per heavy atom. The number of rotatable bonds is 6. The van der Waals surface area contributed by atoms with E-state index < -0.39 is 0 Å². The van der Waals surface area contributed by atoms with Crippen molar-refractivity contribution in [2.45, 2.75) is 32.1 Å². The fraction of sp³-hybridized carbons (Fsp3) is 0.381. The first-order valence-electron chi connectivity index (χ1n) is 9.15. The molecule has 2 aromatic rings. The van der Waals surface area contributed by atoms with Gasteiger partial charge in [-0.1, -0.05) is 31.0 Å². The lowest BCUT2D eigenvalue weighted by molar-refractivity contribution is -0.116. The van der Waals surface area contributed by atoms with E-state index in [9.17, 15) is 4.79 Å². The summed E-state index contributed by atoms with van der Waals surface area (Å²) < 4.78 is 5.76. The van der Waals surface area contributed by atoms with Gasteiger partial charge in [-0.25, -0.2) is 0 Å². The van der Waals surface area contributed by atoms with Gasteiger partial charge in [0, 0.05) is 18.7 Å². The topological polar surface area (TPSA) is 41.6 Å². The van der Waals surface area contributed by atoms with Crippen molar-refractivity contribution >= 4 is 11.6 Å². The number of nitrogens with one attached hydrogen (secondary N) is 1. The van der Waals surface area contributed by atoms with Gasteiger partial charge in [0.1, 0.15) is 11.5 Å². The van der Waals surface area contributed by atoms with Crippen LogP contribution in [0.3, 0.4) is 0 Å². The lowest BCUT2D eigenvalue weighted by Gasteiger charge is -2.19. The number of amides is 1. The molecule has 0 aromatic heterocycles.